The van der Waals surface area contributed by atoms with Crippen LogP contribution in [-0.2, 0) is 9.84 Å². The second-order valence-corrected chi connectivity index (χ2v) is 5.98. The molecule has 4 heteroatoms. The summed E-state index contributed by atoms with van der Waals surface area (Å²) < 4.78 is 24.3. The second-order valence-electron chi connectivity index (χ2n) is 3.75. The lowest BCUT2D eigenvalue weighted by molar-refractivity contribution is 0.561. The summed E-state index contributed by atoms with van der Waals surface area (Å²) >= 11 is 0. The van der Waals surface area contributed by atoms with E-state index in [-0.39, 0.29) is 5.25 Å². The van der Waals surface area contributed by atoms with Crippen molar-refractivity contribution in [2.24, 2.45) is 0 Å². The number of sulfone groups is 1. The van der Waals surface area contributed by atoms with E-state index in [9.17, 15) is 8.42 Å². The third kappa shape index (κ3) is 2.21. The van der Waals surface area contributed by atoms with E-state index in [4.69, 9.17) is 0 Å². The maximum atomic E-state index is 12.1. The molecule has 1 unspecified atom stereocenters. The minimum Gasteiger partial charge on any atom is -0.661 e. The monoisotopic (exact) mass is 224 g/mol. The van der Waals surface area contributed by atoms with Gasteiger partial charge in [-0.15, -0.1) is 13.1 Å². The molecule has 1 aliphatic rings. The van der Waals surface area contributed by atoms with E-state index in [2.05, 4.69) is 5.32 Å². The molecule has 0 spiro atoms. The predicted octanol–water partition coefficient (Wildman–Crippen LogP) is 2.00. The summed E-state index contributed by atoms with van der Waals surface area (Å²) in [7, 11) is -3.16. The number of hydrogen-bond acceptors (Lipinski definition) is 2. The van der Waals surface area contributed by atoms with Crippen molar-refractivity contribution in [2.45, 2.75) is 23.0 Å². The summed E-state index contributed by atoms with van der Waals surface area (Å²) in [5.41, 5.74) is 0. The highest BCUT2D eigenvalue weighted by molar-refractivity contribution is 7.92. The first kappa shape index (κ1) is 10.6. The molecule has 0 N–H and O–H groups in total. The number of piperidine rings is 1. The zero-order chi connectivity index (χ0) is 10.7. The fraction of sp³-hybridized carbons (Fsp3) is 0.455. The van der Waals surface area contributed by atoms with Crippen molar-refractivity contribution in [3.05, 3.63) is 35.6 Å². The smallest absolute Gasteiger partial charge is 0.179 e. The van der Waals surface area contributed by atoms with Crippen LogP contribution in [-0.4, -0.2) is 26.8 Å². The summed E-state index contributed by atoms with van der Waals surface area (Å²) in [6.45, 7) is 1.26. The maximum absolute atomic E-state index is 12.1. The van der Waals surface area contributed by atoms with Crippen molar-refractivity contribution in [1.29, 1.82) is 0 Å². The lowest BCUT2D eigenvalue weighted by atomic mass is 10.2. The molecule has 1 aromatic rings. The number of benzene rings is 1. The molecule has 0 bridgehead atoms. The van der Waals surface area contributed by atoms with E-state index >= 15 is 0 Å². The minimum absolute atomic E-state index is 0.311. The van der Waals surface area contributed by atoms with E-state index in [1.54, 1.807) is 24.3 Å². The lowest BCUT2D eigenvalue weighted by Crippen LogP contribution is -2.28. The van der Waals surface area contributed by atoms with Gasteiger partial charge in [0.1, 0.15) is 0 Å². The van der Waals surface area contributed by atoms with Gasteiger partial charge in [0.2, 0.25) is 0 Å². The minimum atomic E-state index is -3.16. The van der Waals surface area contributed by atoms with E-state index < -0.39 is 9.84 Å². The highest BCUT2D eigenvalue weighted by atomic mass is 32.2. The average molecular weight is 224 g/mol. The molecule has 0 radical (unpaired) electrons. The number of nitrogens with zero attached hydrogens (tertiary/aromatic N) is 1. The van der Waals surface area contributed by atoms with Crippen molar-refractivity contribution in [3.63, 3.8) is 0 Å². The Kier molecular flexibility index (Phi) is 3.07. The Hall–Kier alpha value is -0.870. The van der Waals surface area contributed by atoms with Crippen molar-refractivity contribution in [1.82, 2.24) is 0 Å². The quantitative estimate of drug-likeness (QED) is 0.771. The largest absolute Gasteiger partial charge is 0.661 e. The molecule has 0 aliphatic carbocycles. The molecule has 1 saturated heterocycles. The third-order valence-corrected chi connectivity index (χ3v) is 4.88. The van der Waals surface area contributed by atoms with Gasteiger partial charge >= 0.3 is 0 Å². The normalized spacial score (nSPS) is 22.5. The first-order valence-corrected chi connectivity index (χ1v) is 6.68. The van der Waals surface area contributed by atoms with Crippen molar-refractivity contribution < 1.29 is 8.42 Å². The van der Waals surface area contributed by atoms with Gasteiger partial charge in [-0.05, 0) is 18.6 Å². The van der Waals surface area contributed by atoms with Gasteiger partial charge in [0.25, 0.3) is 0 Å². The molecule has 0 amide bonds. The predicted molar refractivity (Wildman–Crippen MR) is 59.7 cm³/mol. The maximum Gasteiger partial charge on any atom is 0.179 e. The van der Waals surface area contributed by atoms with Crippen LogP contribution in [0, 0.1) is 0 Å². The van der Waals surface area contributed by atoms with Crippen LogP contribution >= 0.6 is 0 Å². The van der Waals surface area contributed by atoms with Crippen LogP contribution in [0.25, 0.3) is 5.32 Å². The zero-order valence-corrected chi connectivity index (χ0v) is 9.28. The number of hydrogen-bond donors (Lipinski definition) is 0. The van der Waals surface area contributed by atoms with Gasteiger partial charge in [-0.2, -0.15) is 0 Å². The van der Waals surface area contributed by atoms with E-state index in [1.807, 2.05) is 6.07 Å². The molecule has 0 aromatic heterocycles. The van der Waals surface area contributed by atoms with E-state index in [0.717, 1.165) is 19.4 Å². The highest BCUT2D eigenvalue weighted by Crippen LogP contribution is 2.23. The molecular formula is C11H14NO2S-. The fourth-order valence-corrected chi connectivity index (χ4v) is 3.51. The van der Waals surface area contributed by atoms with Crippen LogP contribution in [0.3, 0.4) is 0 Å². The summed E-state index contributed by atoms with van der Waals surface area (Å²) in [5, 5.41) is 3.86. The van der Waals surface area contributed by atoms with Crippen LogP contribution in [0.2, 0.25) is 0 Å². The Morgan fingerprint density at radius 2 is 1.93 bits per heavy atom. The standard InChI is InChI=1S/C11H14NO2S/c13-15(14,10-5-2-1-3-6-10)11-7-4-8-12-9-11/h1-3,5-6,11H,4,7-9H2/q-1. The van der Waals surface area contributed by atoms with Gasteiger partial charge in [0.05, 0.1) is 4.90 Å². The molecule has 0 saturated carbocycles. The van der Waals surface area contributed by atoms with Crippen LogP contribution in [0.15, 0.2) is 35.2 Å². The third-order valence-electron chi connectivity index (χ3n) is 2.69. The van der Waals surface area contributed by atoms with Crippen LogP contribution in [0.4, 0.5) is 0 Å². The Morgan fingerprint density at radius 3 is 2.53 bits per heavy atom. The van der Waals surface area contributed by atoms with Crippen LogP contribution in [0.5, 0.6) is 0 Å². The summed E-state index contributed by atoms with van der Waals surface area (Å²) in [6.07, 6.45) is 1.62. The molecule has 82 valence electrons. The highest BCUT2D eigenvalue weighted by Gasteiger charge is 2.24. The van der Waals surface area contributed by atoms with Crippen molar-refractivity contribution in [3.8, 4) is 0 Å². The molecule has 1 fully saturated rings. The second kappa shape index (κ2) is 4.33. The summed E-state index contributed by atoms with van der Waals surface area (Å²) in [4.78, 5) is 0.423. The Labute approximate surface area is 90.4 Å². The molecular weight excluding hydrogens is 210 g/mol. The van der Waals surface area contributed by atoms with E-state index in [1.165, 1.54) is 0 Å². The van der Waals surface area contributed by atoms with E-state index in [0.29, 0.717) is 11.4 Å². The molecule has 1 aromatic carbocycles. The van der Waals surface area contributed by atoms with Gasteiger partial charge < -0.3 is 5.32 Å². The van der Waals surface area contributed by atoms with Gasteiger partial charge in [-0.1, -0.05) is 24.6 Å². The first-order valence-electron chi connectivity index (χ1n) is 5.13. The van der Waals surface area contributed by atoms with Gasteiger partial charge in [-0.3, -0.25) is 0 Å². The first-order chi connectivity index (χ1) is 7.21. The molecule has 1 aliphatic heterocycles. The molecule has 3 nitrogen and oxygen atoms in total. The lowest BCUT2D eigenvalue weighted by Gasteiger charge is -2.32. The Bertz CT molecular complexity index is 407. The molecule has 2 rings (SSSR count). The zero-order valence-electron chi connectivity index (χ0n) is 8.46. The van der Waals surface area contributed by atoms with Gasteiger partial charge in [-0.25, -0.2) is 8.42 Å². The SMILES string of the molecule is O=S(=O)(c1ccccc1)C1CCC[N-]C1. The van der Waals surface area contributed by atoms with Crippen LogP contribution < -0.4 is 0 Å². The van der Waals surface area contributed by atoms with Gasteiger partial charge in [0.15, 0.2) is 9.84 Å². The topological polar surface area (TPSA) is 48.2 Å². The Morgan fingerprint density at radius 1 is 1.20 bits per heavy atom. The molecule has 1 atom stereocenters. The van der Waals surface area contributed by atoms with Crippen molar-refractivity contribution in [2.75, 3.05) is 13.1 Å². The Balaban J connectivity index is 2.26. The van der Waals surface area contributed by atoms with Crippen molar-refractivity contribution >= 4 is 9.84 Å². The van der Waals surface area contributed by atoms with Crippen LogP contribution in [0.1, 0.15) is 12.8 Å². The molecule has 15 heavy (non-hydrogen) atoms. The average Bonchev–Trinajstić information content (AvgIpc) is 2.31. The summed E-state index contributed by atoms with van der Waals surface area (Å²) in [5.74, 6) is 0. The van der Waals surface area contributed by atoms with Gasteiger partial charge in [0, 0.05) is 5.25 Å². The fourth-order valence-electron chi connectivity index (χ4n) is 1.81. The summed E-state index contributed by atoms with van der Waals surface area (Å²) in [6, 6.07) is 8.65. The number of rotatable bonds is 2. The molecule has 1 heterocycles.